The molecule has 1 aromatic carbocycles. The number of aromatic nitrogens is 2. The number of hydrogen-bond acceptors (Lipinski definition) is 5. The fourth-order valence-corrected chi connectivity index (χ4v) is 5.14. The zero-order valence-corrected chi connectivity index (χ0v) is 20.1. The molecule has 4 rings (SSSR count). The van der Waals surface area contributed by atoms with E-state index in [1.165, 1.54) is 30.6 Å². The fraction of sp³-hybridized carbons (Fsp3) is 0.476. The van der Waals surface area contributed by atoms with Crippen molar-refractivity contribution < 1.29 is 14.7 Å². The van der Waals surface area contributed by atoms with E-state index in [1.807, 2.05) is 40.7 Å². The summed E-state index contributed by atoms with van der Waals surface area (Å²) in [6.07, 6.45) is 7.74. The summed E-state index contributed by atoms with van der Waals surface area (Å²) in [6.45, 7) is 0.541. The first-order valence-corrected chi connectivity index (χ1v) is 10.8. The van der Waals surface area contributed by atoms with Crippen LogP contribution in [0.25, 0.3) is 16.0 Å². The molecule has 0 radical (unpaired) electrons. The molecule has 2 aromatic heterocycles. The molecular weight excluding hydrogens is 459 g/mol. The quantitative estimate of drug-likeness (QED) is 0.561. The number of hydrogen-bond donors (Lipinski definition) is 1. The van der Waals surface area contributed by atoms with Crippen molar-refractivity contribution in [1.82, 2.24) is 19.2 Å². The fourth-order valence-electron chi connectivity index (χ4n) is 4.16. The molecule has 1 aliphatic carbocycles. The van der Waals surface area contributed by atoms with Crippen LogP contribution in [-0.2, 0) is 11.3 Å². The van der Waals surface area contributed by atoms with Gasteiger partial charge in [0.25, 0.3) is 5.91 Å². The van der Waals surface area contributed by atoms with Gasteiger partial charge >= 0.3 is 5.97 Å². The van der Waals surface area contributed by atoms with E-state index in [0.717, 1.165) is 34.4 Å². The van der Waals surface area contributed by atoms with Crippen LogP contribution in [0, 0.1) is 0 Å². The smallest absolute Gasteiger partial charge is 0.317 e. The van der Waals surface area contributed by atoms with Crippen molar-refractivity contribution in [2.45, 2.75) is 44.7 Å². The van der Waals surface area contributed by atoms with E-state index >= 15 is 0 Å². The Morgan fingerprint density at radius 1 is 1.19 bits per heavy atom. The molecule has 2 heterocycles. The predicted molar refractivity (Wildman–Crippen MR) is 128 cm³/mol. The number of imidazole rings is 1. The molecule has 0 saturated heterocycles. The molecule has 0 spiro atoms. The van der Waals surface area contributed by atoms with Crippen LogP contribution in [0.4, 0.5) is 0 Å². The van der Waals surface area contributed by atoms with Gasteiger partial charge in [-0.2, -0.15) is 0 Å². The third-order valence-corrected chi connectivity index (χ3v) is 6.65. The molecule has 1 fully saturated rings. The molecule has 7 nitrogen and oxygen atoms in total. The number of likely N-dealkylation sites (N-methyl/N-ethyl adjacent to an activating group) is 1. The Morgan fingerprint density at radius 3 is 2.58 bits per heavy atom. The molecule has 3 aromatic rings. The maximum Gasteiger partial charge on any atom is 0.317 e. The van der Waals surface area contributed by atoms with E-state index in [1.54, 1.807) is 11.9 Å². The Balaban J connectivity index is 0.00000171. The zero-order chi connectivity index (χ0) is 20.5. The van der Waals surface area contributed by atoms with Crippen molar-refractivity contribution in [2.75, 3.05) is 20.6 Å². The first-order chi connectivity index (χ1) is 13.9. The maximum atomic E-state index is 13.0. The van der Waals surface area contributed by atoms with Gasteiger partial charge in [-0.25, -0.2) is 4.98 Å². The highest BCUT2D eigenvalue weighted by atomic mass is 35.5. The molecular formula is C21H28Cl2N4O3S. The lowest BCUT2D eigenvalue weighted by molar-refractivity contribution is -0.138. The number of carboxylic acid groups (broad SMARTS) is 1. The van der Waals surface area contributed by atoms with Gasteiger partial charge in [0.2, 0.25) is 0 Å². The number of halogens is 2. The standard InChI is InChI=1S/C21H26N4O3S.2ClH/c1-23(13-19(26)27)11-14-8-9-17-16(10-14)22-21-25(17)12-18(29-21)20(28)24(2)15-6-4-3-5-7-15;;/h8-10,12,15H,3-7,11,13H2,1-2H3,(H,26,27);2*1H. The summed E-state index contributed by atoms with van der Waals surface area (Å²) in [5.74, 6) is -0.765. The summed E-state index contributed by atoms with van der Waals surface area (Å²) in [7, 11) is 3.70. The summed E-state index contributed by atoms with van der Waals surface area (Å²) in [5, 5.41) is 8.91. The van der Waals surface area contributed by atoms with E-state index in [0.29, 0.717) is 17.5 Å². The van der Waals surface area contributed by atoms with Crippen molar-refractivity contribution in [3.8, 4) is 0 Å². The normalized spacial score (nSPS) is 14.4. The van der Waals surface area contributed by atoms with Crippen molar-refractivity contribution in [1.29, 1.82) is 0 Å². The number of amides is 1. The first kappa shape index (κ1) is 25.4. The molecule has 1 saturated carbocycles. The van der Waals surface area contributed by atoms with E-state index < -0.39 is 5.97 Å². The van der Waals surface area contributed by atoms with Crippen LogP contribution >= 0.6 is 36.2 Å². The molecule has 0 atom stereocenters. The predicted octanol–water partition coefficient (Wildman–Crippen LogP) is 4.31. The zero-order valence-electron chi connectivity index (χ0n) is 17.6. The third kappa shape index (κ3) is 5.49. The molecule has 0 unspecified atom stereocenters. The monoisotopic (exact) mass is 486 g/mol. The van der Waals surface area contributed by atoms with E-state index in [2.05, 4.69) is 0 Å². The molecule has 170 valence electrons. The van der Waals surface area contributed by atoms with Crippen LogP contribution in [0.1, 0.15) is 47.3 Å². The Kier molecular flexibility index (Phi) is 8.71. The first-order valence-electron chi connectivity index (χ1n) is 10.0. The number of thiazole rings is 1. The number of carbonyl (C=O) groups is 2. The number of fused-ring (bicyclic) bond motifs is 3. The van der Waals surface area contributed by atoms with Crippen molar-refractivity contribution in [2.24, 2.45) is 0 Å². The molecule has 0 aliphatic heterocycles. The van der Waals surface area contributed by atoms with Crippen molar-refractivity contribution >= 4 is 64.0 Å². The summed E-state index contributed by atoms with van der Waals surface area (Å²) >= 11 is 1.42. The van der Waals surface area contributed by atoms with Gasteiger partial charge in [0.05, 0.1) is 17.6 Å². The second kappa shape index (κ2) is 10.6. The van der Waals surface area contributed by atoms with Crippen LogP contribution in [0.3, 0.4) is 0 Å². The van der Waals surface area contributed by atoms with Gasteiger partial charge < -0.3 is 10.0 Å². The third-order valence-electron chi connectivity index (χ3n) is 5.68. The number of rotatable bonds is 6. The van der Waals surface area contributed by atoms with Gasteiger partial charge in [0, 0.05) is 25.8 Å². The summed E-state index contributed by atoms with van der Waals surface area (Å²) in [4.78, 5) is 33.7. The average Bonchev–Trinajstić information content (AvgIpc) is 3.24. The average molecular weight is 487 g/mol. The van der Waals surface area contributed by atoms with Gasteiger partial charge in [0.1, 0.15) is 4.88 Å². The minimum absolute atomic E-state index is 0. The van der Waals surface area contributed by atoms with Crippen molar-refractivity contribution in [3.05, 3.63) is 34.8 Å². The molecule has 1 amide bonds. The number of carbonyl (C=O) groups excluding carboxylic acids is 1. The second-order valence-electron chi connectivity index (χ2n) is 7.96. The van der Waals surface area contributed by atoms with Crippen LogP contribution in [0.2, 0.25) is 0 Å². The van der Waals surface area contributed by atoms with E-state index in [4.69, 9.17) is 10.1 Å². The number of benzene rings is 1. The molecule has 31 heavy (non-hydrogen) atoms. The largest absolute Gasteiger partial charge is 0.480 e. The number of nitrogens with zero attached hydrogens (tertiary/aromatic N) is 4. The minimum Gasteiger partial charge on any atom is -0.480 e. The highest BCUT2D eigenvalue weighted by Crippen LogP contribution is 2.28. The summed E-state index contributed by atoms with van der Waals surface area (Å²) in [5.41, 5.74) is 2.83. The second-order valence-corrected chi connectivity index (χ2v) is 8.97. The highest BCUT2D eigenvalue weighted by molar-refractivity contribution is 7.18. The molecule has 1 aliphatic rings. The molecule has 10 heteroatoms. The Bertz CT molecular complexity index is 1060. The molecule has 1 N–H and O–H groups in total. The molecule has 0 bridgehead atoms. The SMILES string of the molecule is CN(CC(=O)O)Cc1ccc2c(c1)nc1sc(C(=O)N(C)C3CCCCC3)cn12.Cl.Cl. The van der Waals surface area contributed by atoms with Gasteiger partial charge in [-0.3, -0.25) is 18.9 Å². The van der Waals surface area contributed by atoms with Crippen LogP contribution in [0.15, 0.2) is 24.4 Å². The van der Waals surface area contributed by atoms with Crippen LogP contribution < -0.4 is 0 Å². The highest BCUT2D eigenvalue weighted by Gasteiger charge is 2.25. The number of carboxylic acids is 1. The summed E-state index contributed by atoms with van der Waals surface area (Å²) in [6, 6.07) is 6.31. The lowest BCUT2D eigenvalue weighted by atomic mass is 9.94. The van der Waals surface area contributed by atoms with Crippen molar-refractivity contribution in [3.63, 3.8) is 0 Å². The van der Waals surface area contributed by atoms with Gasteiger partial charge in [0.15, 0.2) is 4.96 Å². The van der Waals surface area contributed by atoms with E-state index in [-0.39, 0.29) is 37.3 Å². The minimum atomic E-state index is -0.841. The number of aliphatic carboxylic acids is 1. The summed E-state index contributed by atoms with van der Waals surface area (Å²) < 4.78 is 1.98. The maximum absolute atomic E-state index is 13.0. The Morgan fingerprint density at radius 2 is 1.90 bits per heavy atom. The van der Waals surface area contributed by atoms with Crippen LogP contribution in [0.5, 0.6) is 0 Å². The Hall–Kier alpha value is -1.87. The lowest BCUT2D eigenvalue weighted by Crippen LogP contribution is -2.37. The Labute approximate surface area is 197 Å². The van der Waals surface area contributed by atoms with E-state index in [9.17, 15) is 9.59 Å². The van der Waals surface area contributed by atoms with Gasteiger partial charge in [-0.1, -0.05) is 36.7 Å². The van der Waals surface area contributed by atoms with Gasteiger partial charge in [-0.05, 0) is 37.6 Å². The lowest BCUT2D eigenvalue weighted by Gasteiger charge is -2.30. The van der Waals surface area contributed by atoms with Gasteiger partial charge in [-0.15, -0.1) is 24.8 Å². The van der Waals surface area contributed by atoms with Crippen LogP contribution in [-0.4, -0.2) is 62.8 Å². The topological polar surface area (TPSA) is 78.1 Å².